The monoisotopic (exact) mass is 869 g/mol. The first kappa shape index (κ1) is 48.3. The van der Waals surface area contributed by atoms with Gasteiger partial charge in [-0.3, -0.25) is 25.2 Å². The topological polar surface area (TPSA) is 292 Å². The quantitative estimate of drug-likeness (QED) is 0.0462. The first-order valence-electron chi connectivity index (χ1n) is 20.9. The van der Waals surface area contributed by atoms with Crippen molar-refractivity contribution in [1.82, 2.24) is 31.6 Å². The molecule has 2 fully saturated rings. The minimum absolute atomic E-state index is 0.0554. The third kappa shape index (κ3) is 15.6. The molecule has 1 aromatic heterocycles. The zero-order valence-electron chi connectivity index (χ0n) is 34.7. The van der Waals surface area contributed by atoms with Gasteiger partial charge in [0, 0.05) is 57.4 Å². The van der Waals surface area contributed by atoms with Crippen LogP contribution in [0.1, 0.15) is 87.4 Å². The number of benzene rings is 1. The van der Waals surface area contributed by atoms with Crippen LogP contribution in [0.5, 0.6) is 0 Å². The van der Waals surface area contributed by atoms with Gasteiger partial charge in [0.05, 0.1) is 11.6 Å². The molecular weight excluding hydrogens is 812 g/mol. The Morgan fingerprint density at radius 1 is 0.887 bits per heavy atom. The number of carbonyl (C=O) groups excluding carboxylic acids is 3. The van der Waals surface area contributed by atoms with Gasteiger partial charge in [0.25, 0.3) is 0 Å². The molecule has 1 aromatic carbocycles. The van der Waals surface area contributed by atoms with Gasteiger partial charge in [0.1, 0.15) is 29.6 Å². The second-order valence-corrected chi connectivity index (χ2v) is 15.6. The van der Waals surface area contributed by atoms with Gasteiger partial charge in [-0.1, -0.05) is 12.1 Å². The van der Waals surface area contributed by atoms with E-state index in [1.165, 1.54) is 0 Å². The van der Waals surface area contributed by atoms with Crippen molar-refractivity contribution in [3.8, 4) is 6.07 Å². The van der Waals surface area contributed by atoms with Gasteiger partial charge < -0.3 is 53.0 Å². The Hall–Kier alpha value is -6.33. The Balaban J connectivity index is 1.30. The lowest BCUT2D eigenvalue weighted by molar-refractivity contribution is -0.142. The van der Waals surface area contributed by atoms with Crippen LogP contribution in [0.4, 0.5) is 24.7 Å². The van der Waals surface area contributed by atoms with Crippen molar-refractivity contribution in [2.24, 2.45) is 17.4 Å². The Kier molecular flexibility index (Phi) is 18.4. The maximum Gasteiger partial charge on any atom is 0.433 e. The molecule has 4 rings (SSSR count). The highest BCUT2D eigenvalue weighted by molar-refractivity contribution is 5.90. The number of aromatic nitrogens is 1. The smallest absolute Gasteiger partial charge is 0.433 e. The molecule has 2 aliphatic heterocycles. The number of carboxylic acids is 1. The number of pyridine rings is 1. The molecule has 3 heterocycles. The van der Waals surface area contributed by atoms with Gasteiger partial charge in [-0.2, -0.15) is 18.4 Å². The predicted octanol–water partition coefficient (Wildman–Crippen LogP) is 2.27. The molecule has 18 nitrogen and oxygen atoms in total. The molecule has 21 heteroatoms. The zero-order valence-corrected chi connectivity index (χ0v) is 34.7. The molecule has 3 atom stereocenters. The average Bonchev–Trinajstić information content (AvgIpc) is 3.73. The number of hydrogen-bond donors (Lipinski definition) is 10. The number of alkyl halides is 3. The Labute approximate surface area is 358 Å². The third-order valence-electron chi connectivity index (χ3n) is 11.0. The lowest BCUT2D eigenvalue weighted by Gasteiger charge is -2.35. The Bertz CT molecular complexity index is 1900. The molecule has 338 valence electrons. The molecule has 2 unspecified atom stereocenters. The maximum absolute atomic E-state index is 14.2. The van der Waals surface area contributed by atoms with Gasteiger partial charge in [-0.05, 0) is 100 Å². The maximum atomic E-state index is 14.2. The fraction of sp³-hybridized carbons (Fsp3) is 0.561. The number of anilines is 2. The van der Waals surface area contributed by atoms with E-state index in [9.17, 15) is 37.5 Å². The number of amides is 3. The summed E-state index contributed by atoms with van der Waals surface area (Å²) >= 11 is 0. The molecule has 3 amide bonds. The van der Waals surface area contributed by atoms with Crippen LogP contribution in [-0.4, -0.2) is 103 Å². The van der Waals surface area contributed by atoms with Crippen molar-refractivity contribution >= 4 is 47.1 Å². The number of halogens is 3. The lowest BCUT2D eigenvalue weighted by Crippen LogP contribution is -2.52. The van der Waals surface area contributed by atoms with E-state index < -0.39 is 47.8 Å². The molecule has 12 N–H and O–H groups in total. The predicted molar refractivity (Wildman–Crippen MR) is 226 cm³/mol. The minimum atomic E-state index is -4.71. The first-order valence-corrected chi connectivity index (χ1v) is 20.9. The summed E-state index contributed by atoms with van der Waals surface area (Å²) in [6.07, 6.45) is 0.342. The summed E-state index contributed by atoms with van der Waals surface area (Å²) in [6.45, 7) is 2.15. The number of nitrogens with one attached hydrogen (secondary N) is 7. The number of hydrogen-bond acceptors (Lipinski definition) is 10. The van der Waals surface area contributed by atoms with Gasteiger partial charge in [-0.25, -0.2) is 9.78 Å². The highest BCUT2D eigenvalue weighted by Gasteiger charge is 2.37. The number of nitriles is 1. The van der Waals surface area contributed by atoms with Crippen molar-refractivity contribution in [2.45, 2.75) is 101 Å². The number of guanidine groups is 2. The molecule has 0 radical (unpaired) electrons. The summed E-state index contributed by atoms with van der Waals surface area (Å²) < 4.78 is 42.6. The molecule has 0 saturated carbocycles. The van der Waals surface area contributed by atoms with Gasteiger partial charge in [-0.15, -0.1) is 0 Å². The summed E-state index contributed by atoms with van der Waals surface area (Å²) in [5.41, 5.74) is 11.4. The number of aliphatic carboxylic acids is 1. The van der Waals surface area contributed by atoms with Crippen LogP contribution < -0.4 is 47.9 Å². The van der Waals surface area contributed by atoms with Crippen LogP contribution in [-0.2, 0) is 31.8 Å². The minimum Gasteiger partial charge on any atom is -0.480 e. The van der Waals surface area contributed by atoms with Crippen LogP contribution in [0.15, 0.2) is 36.4 Å². The lowest BCUT2D eigenvalue weighted by atomic mass is 9.91. The van der Waals surface area contributed by atoms with Crippen molar-refractivity contribution in [2.75, 3.05) is 49.1 Å². The van der Waals surface area contributed by atoms with Gasteiger partial charge in [0.15, 0.2) is 11.9 Å². The fourth-order valence-electron chi connectivity index (χ4n) is 7.64. The zero-order chi connectivity index (χ0) is 45.2. The van der Waals surface area contributed by atoms with Crippen LogP contribution >= 0.6 is 0 Å². The third-order valence-corrected chi connectivity index (χ3v) is 11.0. The molecular formula is C41H58F3N13O5. The summed E-state index contributed by atoms with van der Waals surface area (Å²) in [6, 6.07) is 8.79. The second-order valence-electron chi connectivity index (χ2n) is 15.6. The highest BCUT2D eigenvalue weighted by Crippen LogP contribution is 2.36. The highest BCUT2D eigenvalue weighted by atomic mass is 19.4. The number of nitrogens with zero attached hydrogens (tertiary/aromatic N) is 4. The van der Waals surface area contributed by atoms with Crippen LogP contribution in [0.2, 0.25) is 0 Å². The Morgan fingerprint density at radius 2 is 1.53 bits per heavy atom. The van der Waals surface area contributed by atoms with E-state index in [-0.39, 0.29) is 61.9 Å². The van der Waals surface area contributed by atoms with Crippen molar-refractivity contribution in [1.29, 1.82) is 16.1 Å². The molecule has 62 heavy (non-hydrogen) atoms. The standard InChI is InChI=1S/C41H58F3N13O5/c42-41(43,44)33-23-29(24-34(55-33)57-20-4-8-32(57)37(60)50-19-14-27-10-12-28(25-45)13-11-27)56-21-15-26(16-22-56)5-1-9-35(58)53-30(6-2-17-51-39(46)47)36(59)54-31(38(61)62)7-3-18-52-40(48)49/h10-13,23-24,26,30-32H,1-9,14-22H2,(H,50,60)(H,53,58)(H,54,59)(H,61,62)(H4,46,47,51)(H4,48,49,52)/t30?,31?,32-/m0/s1. The summed E-state index contributed by atoms with van der Waals surface area (Å²) in [5.74, 6) is -2.84. The van der Waals surface area contributed by atoms with E-state index >= 15 is 0 Å². The van der Waals surface area contributed by atoms with E-state index in [0.29, 0.717) is 95.2 Å². The summed E-state index contributed by atoms with van der Waals surface area (Å²) in [4.78, 5) is 58.9. The van der Waals surface area contributed by atoms with E-state index in [2.05, 4.69) is 37.6 Å². The second kappa shape index (κ2) is 23.6. The molecule has 2 aromatic rings. The van der Waals surface area contributed by atoms with Crippen LogP contribution in [0.25, 0.3) is 0 Å². The molecule has 2 saturated heterocycles. The number of carboxylic acid groups (broad SMARTS) is 1. The number of carbonyl (C=O) groups is 4. The van der Waals surface area contributed by atoms with Crippen LogP contribution in [0, 0.1) is 28.1 Å². The SMILES string of the molecule is N#Cc1ccc(CCNC(=O)[C@@H]2CCCN2c2cc(N3CCC(CCCC(=O)NC(CCCNC(=N)N)C(=O)NC(CCCNC(=N)N)C(=O)O)CC3)cc(C(F)(F)F)n2)cc1. The molecule has 0 aliphatic carbocycles. The normalized spacial score (nSPS) is 16.4. The first-order chi connectivity index (χ1) is 29.5. The molecule has 2 aliphatic rings. The fourth-order valence-corrected chi connectivity index (χ4v) is 7.64. The number of piperidine rings is 1. The molecule has 0 bridgehead atoms. The van der Waals surface area contributed by atoms with Gasteiger partial charge in [0.2, 0.25) is 17.7 Å². The molecule has 0 spiro atoms. The van der Waals surface area contributed by atoms with Crippen molar-refractivity contribution in [3.05, 3.63) is 53.2 Å². The van der Waals surface area contributed by atoms with Crippen LogP contribution in [0.3, 0.4) is 0 Å². The van der Waals surface area contributed by atoms with Gasteiger partial charge >= 0.3 is 12.1 Å². The summed E-state index contributed by atoms with van der Waals surface area (Å²) in [7, 11) is 0. The summed E-state index contributed by atoms with van der Waals surface area (Å²) in [5, 5.41) is 46.6. The van der Waals surface area contributed by atoms with E-state index in [1.807, 2.05) is 17.0 Å². The van der Waals surface area contributed by atoms with E-state index in [0.717, 1.165) is 11.6 Å². The van der Waals surface area contributed by atoms with E-state index in [4.69, 9.17) is 27.5 Å². The average molecular weight is 870 g/mol. The van der Waals surface area contributed by atoms with E-state index in [1.54, 1.807) is 23.1 Å². The Morgan fingerprint density at radius 3 is 2.13 bits per heavy atom. The largest absolute Gasteiger partial charge is 0.480 e. The van der Waals surface area contributed by atoms with Crippen molar-refractivity contribution in [3.63, 3.8) is 0 Å². The van der Waals surface area contributed by atoms with Crippen molar-refractivity contribution < 1.29 is 37.5 Å². The number of rotatable bonds is 22. The number of nitrogens with two attached hydrogens (primary N) is 2.